The van der Waals surface area contributed by atoms with Gasteiger partial charge < -0.3 is 25.2 Å². The Kier molecular flexibility index (Phi) is 5.72. The van der Waals surface area contributed by atoms with Crippen LogP contribution in [0.1, 0.15) is 6.92 Å². The van der Waals surface area contributed by atoms with E-state index in [-0.39, 0.29) is 5.91 Å². The molecule has 3 heterocycles. The van der Waals surface area contributed by atoms with Crippen molar-refractivity contribution in [3.8, 4) is 11.6 Å². The smallest absolute Gasteiger partial charge is 0.237 e. The first-order valence-electron chi connectivity index (χ1n) is 9.26. The van der Waals surface area contributed by atoms with Gasteiger partial charge >= 0.3 is 0 Å². The lowest BCUT2D eigenvalue weighted by Gasteiger charge is -2.28. The molecule has 0 saturated carbocycles. The molecule has 1 saturated heterocycles. The molecule has 1 aliphatic rings. The Labute approximate surface area is 172 Å². The fourth-order valence-electron chi connectivity index (χ4n) is 2.96. The molecular formula is C19H22N6O3S. The quantitative estimate of drug-likeness (QED) is 0.466. The highest BCUT2D eigenvalue weighted by atomic mass is 32.2. The van der Waals surface area contributed by atoms with Crippen molar-refractivity contribution in [2.75, 3.05) is 42.4 Å². The second kappa shape index (κ2) is 8.58. The number of furan rings is 1. The number of hydrogen-bond acceptors (Lipinski definition) is 8. The van der Waals surface area contributed by atoms with Crippen molar-refractivity contribution in [2.45, 2.75) is 17.3 Å². The first-order valence-corrected chi connectivity index (χ1v) is 10.1. The third-order valence-electron chi connectivity index (χ3n) is 4.57. The first kappa shape index (κ1) is 19.3. The fraction of sp³-hybridized carbons (Fsp3) is 0.316. The van der Waals surface area contributed by atoms with Crippen LogP contribution >= 0.6 is 11.8 Å². The summed E-state index contributed by atoms with van der Waals surface area (Å²) < 4.78 is 12.0. The maximum absolute atomic E-state index is 12.6. The van der Waals surface area contributed by atoms with E-state index in [0.717, 1.165) is 37.7 Å². The van der Waals surface area contributed by atoms with E-state index in [4.69, 9.17) is 15.0 Å². The van der Waals surface area contributed by atoms with Gasteiger partial charge in [-0.2, -0.15) is 0 Å². The molecule has 2 aromatic heterocycles. The minimum absolute atomic E-state index is 0.142. The minimum atomic E-state index is -0.412. The van der Waals surface area contributed by atoms with Gasteiger partial charge in [0, 0.05) is 24.5 Å². The van der Waals surface area contributed by atoms with E-state index in [0.29, 0.717) is 16.7 Å². The van der Waals surface area contributed by atoms with Crippen LogP contribution in [0.2, 0.25) is 0 Å². The van der Waals surface area contributed by atoms with Gasteiger partial charge in [-0.05, 0) is 43.3 Å². The van der Waals surface area contributed by atoms with Crippen molar-refractivity contribution in [2.24, 2.45) is 0 Å². The van der Waals surface area contributed by atoms with Crippen LogP contribution in [0, 0.1) is 0 Å². The van der Waals surface area contributed by atoms with Crippen LogP contribution in [-0.4, -0.2) is 52.3 Å². The minimum Gasteiger partial charge on any atom is -0.461 e. The molecule has 29 heavy (non-hydrogen) atoms. The summed E-state index contributed by atoms with van der Waals surface area (Å²) in [6, 6.07) is 11.3. The molecule has 4 rings (SSSR count). The Morgan fingerprint density at radius 2 is 1.97 bits per heavy atom. The van der Waals surface area contributed by atoms with Gasteiger partial charge in [0.2, 0.25) is 16.9 Å². The Balaban J connectivity index is 1.36. The van der Waals surface area contributed by atoms with Crippen molar-refractivity contribution in [3.05, 3.63) is 42.7 Å². The van der Waals surface area contributed by atoms with E-state index >= 15 is 0 Å². The third-order valence-corrected chi connectivity index (χ3v) is 5.63. The zero-order chi connectivity index (χ0) is 20.2. The van der Waals surface area contributed by atoms with Crippen LogP contribution in [0.5, 0.6) is 0 Å². The first-order chi connectivity index (χ1) is 14.1. The molecule has 9 nitrogen and oxygen atoms in total. The lowest BCUT2D eigenvalue weighted by Crippen LogP contribution is -2.36. The number of aromatic nitrogens is 3. The second-order valence-electron chi connectivity index (χ2n) is 6.55. The predicted molar refractivity (Wildman–Crippen MR) is 111 cm³/mol. The number of rotatable bonds is 6. The summed E-state index contributed by atoms with van der Waals surface area (Å²) in [5.41, 5.74) is 1.86. The number of nitrogens with one attached hydrogen (secondary N) is 1. The third kappa shape index (κ3) is 4.38. The van der Waals surface area contributed by atoms with E-state index in [1.807, 2.05) is 24.3 Å². The number of carbonyl (C=O) groups is 1. The van der Waals surface area contributed by atoms with E-state index in [1.54, 1.807) is 19.1 Å². The van der Waals surface area contributed by atoms with Crippen LogP contribution in [0.4, 0.5) is 11.4 Å². The molecule has 0 bridgehead atoms. The van der Waals surface area contributed by atoms with Gasteiger partial charge in [-0.3, -0.25) is 4.79 Å². The summed E-state index contributed by atoms with van der Waals surface area (Å²) in [4.78, 5) is 14.8. The average Bonchev–Trinajstić information content (AvgIpc) is 3.39. The van der Waals surface area contributed by atoms with Crippen LogP contribution in [0.3, 0.4) is 0 Å². The van der Waals surface area contributed by atoms with E-state index in [1.165, 1.54) is 22.7 Å². The molecule has 10 heteroatoms. The van der Waals surface area contributed by atoms with Gasteiger partial charge in [-0.1, -0.05) is 11.8 Å². The molecule has 3 aromatic rings. The van der Waals surface area contributed by atoms with Crippen molar-refractivity contribution < 1.29 is 13.9 Å². The monoisotopic (exact) mass is 414 g/mol. The van der Waals surface area contributed by atoms with Crippen LogP contribution < -0.4 is 16.1 Å². The summed E-state index contributed by atoms with van der Waals surface area (Å²) in [6.45, 7) is 5.02. The van der Waals surface area contributed by atoms with Gasteiger partial charge in [0.1, 0.15) is 0 Å². The molecule has 0 radical (unpaired) electrons. The fourth-order valence-corrected chi connectivity index (χ4v) is 3.73. The Hall–Kier alpha value is -2.98. The van der Waals surface area contributed by atoms with Gasteiger partial charge in [0.05, 0.1) is 24.7 Å². The Morgan fingerprint density at radius 1 is 1.21 bits per heavy atom. The average molecular weight is 414 g/mol. The number of anilines is 2. The SMILES string of the molecule is C[C@@H](Sc1nnc(-c2ccco2)n1N)C(=O)Nc1ccc(N2CCOCC2)cc1. The topological polar surface area (TPSA) is 111 Å². The number of benzene rings is 1. The highest BCUT2D eigenvalue weighted by molar-refractivity contribution is 8.00. The maximum Gasteiger partial charge on any atom is 0.237 e. The number of morpholine rings is 1. The molecule has 1 aliphatic heterocycles. The van der Waals surface area contributed by atoms with E-state index < -0.39 is 5.25 Å². The van der Waals surface area contributed by atoms with E-state index in [2.05, 4.69) is 20.4 Å². The van der Waals surface area contributed by atoms with Crippen LogP contribution in [-0.2, 0) is 9.53 Å². The molecule has 1 fully saturated rings. The zero-order valence-corrected chi connectivity index (χ0v) is 16.8. The van der Waals surface area contributed by atoms with Crippen molar-refractivity contribution in [1.29, 1.82) is 0 Å². The molecule has 1 amide bonds. The molecule has 0 spiro atoms. The Morgan fingerprint density at radius 3 is 2.66 bits per heavy atom. The molecule has 0 unspecified atom stereocenters. The number of nitrogens with two attached hydrogens (primary N) is 1. The number of carbonyl (C=O) groups excluding carboxylic acids is 1. The summed E-state index contributed by atoms with van der Waals surface area (Å²) in [5, 5.41) is 11.0. The summed E-state index contributed by atoms with van der Waals surface area (Å²) >= 11 is 1.23. The molecule has 1 aromatic carbocycles. The summed E-state index contributed by atoms with van der Waals surface area (Å²) in [5.74, 6) is 6.83. The van der Waals surface area contributed by atoms with Crippen molar-refractivity contribution in [3.63, 3.8) is 0 Å². The lowest BCUT2D eigenvalue weighted by atomic mass is 10.2. The number of hydrogen-bond donors (Lipinski definition) is 2. The predicted octanol–water partition coefficient (Wildman–Crippen LogP) is 2.21. The van der Waals surface area contributed by atoms with Crippen LogP contribution in [0.15, 0.2) is 52.2 Å². The highest BCUT2D eigenvalue weighted by Gasteiger charge is 2.21. The van der Waals surface area contributed by atoms with Crippen LogP contribution in [0.25, 0.3) is 11.6 Å². The standard InChI is InChI=1S/C19H22N6O3S/c1-13(29-19-23-22-17(25(19)20)16-3-2-10-28-16)18(26)21-14-4-6-15(7-5-14)24-8-11-27-12-9-24/h2-7,10,13H,8-9,11-12,20H2,1H3,(H,21,26)/t13-/m1/s1. The Bertz CT molecular complexity index is 951. The second-order valence-corrected chi connectivity index (χ2v) is 7.86. The van der Waals surface area contributed by atoms with Crippen molar-refractivity contribution in [1.82, 2.24) is 14.9 Å². The van der Waals surface area contributed by atoms with Gasteiger partial charge in [0.15, 0.2) is 5.76 Å². The maximum atomic E-state index is 12.6. The van der Waals surface area contributed by atoms with Gasteiger partial charge in [-0.25, -0.2) is 4.68 Å². The lowest BCUT2D eigenvalue weighted by molar-refractivity contribution is -0.115. The number of nitrogen functional groups attached to an aromatic ring is 1. The highest BCUT2D eigenvalue weighted by Crippen LogP contribution is 2.26. The molecular weight excluding hydrogens is 392 g/mol. The molecule has 3 N–H and O–H groups in total. The van der Waals surface area contributed by atoms with Gasteiger partial charge in [0.25, 0.3) is 0 Å². The number of nitrogens with zero attached hydrogens (tertiary/aromatic N) is 4. The van der Waals surface area contributed by atoms with Crippen molar-refractivity contribution >= 4 is 29.0 Å². The molecule has 0 aliphatic carbocycles. The molecule has 1 atom stereocenters. The summed E-state index contributed by atoms with van der Waals surface area (Å²) in [6.07, 6.45) is 1.54. The zero-order valence-electron chi connectivity index (χ0n) is 15.9. The normalized spacial score (nSPS) is 15.3. The summed E-state index contributed by atoms with van der Waals surface area (Å²) in [7, 11) is 0. The number of thioether (sulfide) groups is 1. The molecule has 152 valence electrons. The number of ether oxygens (including phenoxy) is 1. The van der Waals surface area contributed by atoms with Gasteiger partial charge in [-0.15, -0.1) is 10.2 Å². The largest absolute Gasteiger partial charge is 0.461 e. The van der Waals surface area contributed by atoms with E-state index in [9.17, 15) is 4.79 Å². The number of amides is 1.